The maximum Gasteiger partial charge on any atom is 0.311 e. The molecule has 0 radical (unpaired) electrons. The lowest BCUT2D eigenvalue weighted by Crippen LogP contribution is -2.49. The third-order valence-corrected chi connectivity index (χ3v) is 5.08. The number of fused-ring (bicyclic) bond motifs is 1. The molecule has 1 fully saturated rings. The van der Waals surface area contributed by atoms with Gasteiger partial charge in [-0.05, 0) is 38.0 Å². The molecule has 1 heterocycles. The zero-order valence-corrected chi connectivity index (χ0v) is 13.0. The van der Waals surface area contributed by atoms with Gasteiger partial charge in [0.15, 0.2) is 0 Å². The highest BCUT2D eigenvalue weighted by Crippen LogP contribution is 2.44. The maximum absolute atomic E-state index is 12.5. The quantitative estimate of drug-likeness (QED) is 0.831. The Kier molecular flexibility index (Phi) is 3.16. The number of hydrogen-bond donors (Lipinski definition) is 1. The SMILES string of the molecule is CC1(C(=O)O)CCCC1N1C(=O)c2ccc(Br)cc2C1=O. The molecule has 1 saturated carbocycles. The molecule has 21 heavy (non-hydrogen) atoms. The zero-order valence-electron chi connectivity index (χ0n) is 11.4. The van der Waals surface area contributed by atoms with E-state index >= 15 is 0 Å². The minimum Gasteiger partial charge on any atom is -0.481 e. The molecule has 3 rings (SSSR count). The third-order valence-electron chi connectivity index (χ3n) is 4.59. The highest BCUT2D eigenvalue weighted by atomic mass is 79.9. The third kappa shape index (κ3) is 1.92. The van der Waals surface area contributed by atoms with Crippen LogP contribution in [0.15, 0.2) is 22.7 Å². The highest BCUT2D eigenvalue weighted by Gasteiger charge is 2.53. The Hall–Kier alpha value is -1.69. The summed E-state index contributed by atoms with van der Waals surface area (Å²) in [6, 6.07) is 4.34. The Morgan fingerprint density at radius 1 is 1.33 bits per heavy atom. The normalized spacial score (nSPS) is 28.1. The molecule has 110 valence electrons. The first-order valence-electron chi connectivity index (χ1n) is 6.77. The lowest BCUT2D eigenvalue weighted by atomic mass is 9.84. The summed E-state index contributed by atoms with van der Waals surface area (Å²) in [4.78, 5) is 37.8. The average Bonchev–Trinajstić information content (AvgIpc) is 2.91. The van der Waals surface area contributed by atoms with E-state index in [9.17, 15) is 19.5 Å². The first kappa shape index (κ1) is 14.3. The lowest BCUT2D eigenvalue weighted by Gasteiger charge is -2.33. The number of hydrogen-bond acceptors (Lipinski definition) is 3. The van der Waals surface area contributed by atoms with Crippen LogP contribution in [0.25, 0.3) is 0 Å². The first-order chi connectivity index (χ1) is 9.86. The van der Waals surface area contributed by atoms with E-state index in [0.717, 1.165) is 9.37 Å². The molecule has 1 N–H and O–H groups in total. The topological polar surface area (TPSA) is 74.7 Å². The van der Waals surface area contributed by atoms with Crippen molar-refractivity contribution in [3.8, 4) is 0 Å². The van der Waals surface area contributed by atoms with Gasteiger partial charge in [-0.1, -0.05) is 22.4 Å². The first-order valence-corrected chi connectivity index (χ1v) is 7.56. The van der Waals surface area contributed by atoms with Crippen LogP contribution >= 0.6 is 15.9 Å². The minimum absolute atomic E-state index is 0.342. The van der Waals surface area contributed by atoms with Gasteiger partial charge in [0.2, 0.25) is 0 Å². The van der Waals surface area contributed by atoms with Gasteiger partial charge in [0, 0.05) is 4.47 Å². The molecule has 2 atom stereocenters. The number of halogens is 1. The van der Waals surface area contributed by atoms with Crippen molar-refractivity contribution in [3.05, 3.63) is 33.8 Å². The van der Waals surface area contributed by atoms with Gasteiger partial charge in [-0.3, -0.25) is 19.3 Å². The summed E-state index contributed by atoms with van der Waals surface area (Å²) in [6.45, 7) is 1.62. The smallest absolute Gasteiger partial charge is 0.311 e. The monoisotopic (exact) mass is 351 g/mol. The Labute approximate surface area is 130 Å². The van der Waals surface area contributed by atoms with E-state index in [-0.39, 0.29) is 5.91 Å². The van der Waals surface area contributed by atoms with Crippen molar-refractivity contribution in [1.82, 2.24) is 4.90 Å². The van der Waals surface area contributed by atoms with Gasteiger partial charge in [0.1, 0.15) is 0 Å². The number of carboxylic acids is 1. The van der Waals surface area contributed by atoms with Gasteiger partial charge in [0.25, 0.3) is 11.8 Å². The van der Waals surface area contributed by atoms with Crippen LogP contribution in [0.2, 0.25) is 0 Å². The number of rotatable bonds is 2. The van der Waals surface area contributed by atoms with Gasteiger partial charge in [-0.15, -0.1) is 0 Å². The summed E-state index contributed by atoms with van der Waals surface area (Å²) in [5.74, 6) is -1.74. The second kappa shape index (κ2) is 4.66. The number of carbonyl (C=O) groups excluding carboxylic acids is 2. The Balaban J connectivity index is 2.04. The molecular formula is C15H14BrNO4. The van der Waals surface area contributed by atoms with Crippen LogP contribution in [0.4, 0.5) is 0 Å². The molecule has 5 nitrogen and oxygen atoms in total. The van der Waals surface area contributed by atoms with Crippen molar-refractivity contribution in [2.24, 2.45) is 5.41 Å². The number of nitrogens with zero attached hydrogens (tertiary/aromatic N) is 1. The van der Waals surface area contributed by atoms with E-state index < -0.39 is 23.3 Å². The van der Waals surface area contributed by atoms with Gasteiger partial charge in [-0.25, -0.2) is 0 Å². The standard InChI is InChI=1S/C15H14BrNO4/c1-15(14(20)21)6-2-3-11(15)17-12(18)9-5-4-8(16)7-10(9)13(17)19/h4-5,7,11H,2-3,6H2,1H3,(H,20,21). The molecule has 0 spiro atoms. The molecule has 2 aliphatic rings. The highest BCUT2D eigenvalue weighted by molar-refractivity contribution is 9.10. The summed E-state index contributed by atoms with van der Waals surface area (Å²) in [5, 5.41) is 9.48. The average molecular weight is 352 g/mol. The van der Waals surface area contributed by atoms with Crippen molar-refractivity contribution in [2.45, 2.75) is 32.2 Å². The van der Waals surface area contributed by atoms with Crippen LogP contribution < -0.4 is 0 Å². The minimum atomic E-state index is -1.06. The van der Waals surface area contributed by atoms with E-state index in [4.69, 9.17) is 0 Å². The van der Waals surface area contributed by atoms with Crippen molar-refractivity contribution in [2.75, 3.05) is 0 Å². The Morgan fingerprint density at radius 3 is 2.67 bits per heavy atom. The predicted octanol–water partition coefficient (Wildman–Crippen LogP) is 2.69. The molecule has 6 heteroatoms. The number of amides is 2. The Morgan fingerprint density at radius 2 is 2.00 bits per heavy atom. The van der Waals surface area contributed by atoms with Gasteiger partial charge >= 0.3 is 5.97 Å². The van der Waals surface area contributed by atoms with E-state index in [0.29, 0.717) is 30.4 Å². The number of carbonyl (C=O) groups is 3. The van der Waals surface area contributed by atoms with Crippen LogP contribution in [-0.2, 0) is 4.79 Å². The van der Waals surface area contributed by atoms with Gasteiger partial charge in [0.05, 0.1) is 22.6 Å². The number of imide groups is 1. The van der Waals surface area contributed by atoms with Crippen LogP contribution in [0.3, 0.4) is 0 Å². The van der Waals surface area contributed by atoms with Crippen LogP contribution in [0.5, 0.6) is 0 Å². The van der Waals surface area contributed by atoms with Crippen LogP contribution in [0, 0.1) is 5.41 Å². The summed E-state index contributed by atoms with van der Waals surface area (Å²) >= 11 is 3.29. The zero-order chi connectivity index (χ0) is 15.4. The predicted molar refractivity (Wildman–Crippen MR) is 78.0 cm³/mol. The second-order valence-corrected chi connectivity index (χ2v) is 6.72. The molecule has 2 amide bonds. The van der Waals surface area contributed by atoms with Gasteiger partial charge in [-0.2, -0.15) is 0 Å². The van der Waals surface area contributed by atoms with Crippen molar-refractivity contribution in [1.29, 1.82) is 0 Å². The molecule has 2 unspecified atom stereocenters. The molecule has 0 aromatic heterocycles. The lowest BCUT2D eigenvalue weighted by molar-refractivity contribution is -0.149. The molecule has 0 saturated heterocycles. The summed E-state index contributed by atoms with van der Waals surface area (Å²) < 4.78 is 0.719. The fourth-order valence-corrected chi connectivity index (χ4v) is 3.69. The van der Waals surface area contributed by atoms with Crippen molar-refractivity contribution < 1.29 is 19.5 Å². The molecular weight excluding hydrogens is 338 g/mol. The van der Waals surface area contributed by atoms with E-state index in [1.165, 1.54) is 0 Å². The molecule has 1 aliphatic carbocycles. The molecule has 1 aromatic rings. The van der Waals surface area contributed by atoms with Crippen molar-refractivity contribution >= 4 is 33.7 Å². The summed E-state index contributed by atoms with van der Waals surface area (Å²) in [7, 11) is 0. The second-order valence-electron chi connectivity index (χ2n) is 5.80. The fraction of sp³-hybridized carbons (Fsp3) is 0.400. The van der Waals surface area contributed by atoms with Crippen molar-refractivity contribution in [3.63, 3.8) is 0 Å². The number of benzene rings is 1. The van der Waals surface area contributed by atoms with E-state index in [1.54, 1.807) is 25.1 Å². The maximum atomic E-state index is 12.5. The van der Waals surface area contributed by atoms with E-state index in [2.05, 4.69) is 15.9 Å². The molecule has 1 aromatic carbocycles. The summed E-state index contributed by atoms with van der Waals surface area (Å²) in [6.07, 6.45) is 1.71. The fourth-order valence-electron chi connectivity index (χ4n) is 3.33. The van der Waals surface area contributed by atoms with Crippen LogP contribution in [-0.4, -0.2) is 33.8 Å². The molecule has 0 bridgehead atoms. The van der Waals surface area contributed by atoms with Gasteiger partial charge < -0.3 is 5.11 Å². The number of carboxylic acid groups (broad SMARTS) is 1. The summed E-state index contributed by atoms with van der Waals surface area (Å²) in [5.41, 5.74) is -0.373. The number of aliphatic carboxylic acids is 1. The Bertz CT molecular complexity index is 672. The van der Waals surface area contributed by atoms with Crippen LogP contribution in [0.1, 0.15) is 46.9 Å². The largest absolute Gasteiger partial charge is 0.481 e. The molecule has 1 aliphatic heterocycles. The van der Waals surface area contributed by atoms with E-state index in [1.807, 2.05) is 0 Å².